The Morgan fingerprint density at radius 3 is 2.79 bits per heavy atom. The van der Waals surface area contributed by atoms with Crippen molar-refractivity contribution >= 4 is 17.3 Å². The van der Waals surface area contributed by atoms with Crippen LogP contribution in [0, 0.1) is 0 Å². The number of rotatable bonds is 5. The Labute approximate surface area is 87.6 Å². The van der Waals surface area contributed by atoms with Gasteiger partial charge in [0.25, 0.3) is 0 Å². The van der Waals surface area contributed by atoms with Crippen LogP contribution in [0.2, 0.25) is 0 Å². The molecular weight excluding hydrogens is 198 g/mol. The number of hydrogen-bond acceptors (Lipinski definition) is 3. The minimum Gasteiger partial charge on any atom is -0.480 e. The quantitative estimate of drug-likeness (QED) is 0.781. The van der Waals surface area contributed by atoms with Gasteiger partial charge in [0.15, 0.2) is 0 Å². The first-order valence-corrected chi connectivity index (χ1v) is 5.51. The predicted molar refractivity (Wildman–Crippen MR) is 57.6 cm³/mol. The molecule has 0 aliphatic rings. The summed E-state index contributed by atoms with van der Waals surface area (Å²) < 4.78 is 0. The summed E-state index contributed by atoms with van der Waals surface area (Å²) in [6.07, 6.45) is 2.61. The highest BCUT2D eigenvalue weighted by Gasteiger charge is 2.13. The lowest BCUT2D eigenvalue weighted by molar-refractivity contribution is -0.138. The molecule has 0 spiro atoms. The summed E-state index contributed by atoms with van der Waals surface area (Å²) in [4.78, 5) is 12.9. The first-order chi connectivity index (χ1) is 6.63. The highest BCUT2D eigenvalue weighted by atomic mass is 32.1. The van der Waals surface area contributed by atoms with E-state index in [9.17, 15) is 4.79 Å². The SMILES string of the molecule is CCCc1ccc(CC(N)C(=O)O)s1. The van der Waals surface area contributed by atoms with Crippen molar-refractivity contribution in [2.24, 2.45) is 5.73 Å². The molecule has 0 bridgehead atoms. The van der Waals surface area contributed by atoms with Crippen LogP contribution in [0.25, 0.3) is 0 Å². The summed E-state index contributed by atoms with van der Waals surface area (Å²) in [5, 5.41) is 8.63. The van der Waals surface area contributed by atoms with E-state index in [-0.39, 0.29) is 0 Å². The van der Waals surface area contributed by atoms with Gasteiger partial charge in [-0.3, -0.25) is 4.79 Å². The molecule has 0 fully saturated rings. The van der Waals surface area contributed by atoms with E-state index in [1.807, 2.05) is 6.07 Å². The highest BCUT2D eigenvalue weighted by Crippen LogP contribution is 2.19. The smallest absolute Gasteiger partial charge is 0.320 e. The van der Waals surface area contributed by atoms with Gasteiger partial charge in [0.2, 0.25) is 0 Å². The molecule has 1 heterocycles. The number of aliphatic carboxylic acids is 1. The summed E-state index contributed by atoms with van der Waals surface area (Å²) in [7, 11) is 0. The van der Waals surface area contributed by atoms with Gasteiger partial charge in [0.05, 0.1) is 0 Å². The first-order valence-electron chi connectivity index (χ1n) is 4.69. The topological polar surface area (TPSA) is 63.3 Å². The average molecular weight is 213 g/mol. The Morgan fingerprint density at radius 1 is 1.57 bits per heavy atom. The molecule has 0 aliphatic heterocycles. The van der Waals surface area contributed by atoms with Crippen molar-refractivity contribution < 1.29 is 9.90 Å². The van der Waals surface area contributed by atoms with Crippen LogP contribution in [0.3, 0.4) is 0 Å². The number of hydrogen-bond donors (Lipinski definition) is 2. The zero-order valence-corrected chi connectivity index (χ0v) is 9.01. The summed E-state index contributed by atoms with van der Waals surface area (Å²) in [5.74, 6) is -0.935. The molecule has 0 aliphatic carbocycles. The Bertz CT molecular complexity index is 309. The van der Waals surface area contributed by atoms with E-state index in [2.05, 4.69) is 13.0 Å². The molecule has 1 aromatic rings. The average Bonchev–Trinajstić information content (AvgIpc) is 2.53. The van der Waals surface area contributed by atoms with E-state index in [1.165, 1.54) is 4.88 Å². The Morgan fingerprint density at radius 2 is 2.21 bits per heavy atom. The normalized spacial score (nSPS) is 12.7. The van der Waals surface area contributed by atoms with Crippen molar-refractivity contribution in [3.05, 3.63) is 21.9 Å². The zero-order chi connectivity index (χ0) is 10.6. The molecule has 0 aromatic carbocycles. The molecular formula is C10H15NO2S. The molecule has 3 nitrogen and oxygen atoms in total. The van der Waals surface area contributed by atoms with Gasteiger partial charge in [-0.25, -0.2) is 0 Å². The fourth-order valence-electron chi connectivity index (χ4n) is 1.22. The van der Waals surface area contributed by atoms with Crippen molar-refractivity contribution in [2.45, 2.75) is 32.2 Å². The second-order valence-electron chi connectivity index (χ2n) is 3.27. The first kappa shape index (κ1) is 11.2. The van der Waals surface area contributed by atoms with E-state index in [1.54, 1.807) is 11.3 Å². The molecule has 1 aromatic heterocycles. The molecule has 1 rings (SSSR count). The van der Waals surface area contributed by atoms with E-state index in [4.69, 9.17) is 10.8 Å². The Hall–Kier alpha value is -0.870. The number of thiophene rings is 1. The third-order valence-electron chi connectivity index (χ3n) is 1.95. The van der Waals surface area contributed by atoms with Crippen LogP contribution < -0.4 is 5.73 Å². The monoisotopic (exact) mass is 213 g/mol. The highest BCUT2D eigenvalue weighted by molar-refractivity contribution is 7.12. The fourth-order valence-corrected chi connectivity index (χ4v) is 2.39. The zero-order valence-electron chi connectivity index (χ0n) is 8.19. The van der Waals surface area contributed by atoms with Crippen molar-refractivity contribution in [2.75, 3.05) is 0 Å². The van der Waals surface area contributed by atoms with Crippen LogP contribution >= 0.6 is 11.3 Å². The number of carboxylic acids is 1. The third-order valence-corrected chi connectivity index (χ3v) is 3.12. The molecule has 0 radical (unpaired) electrons. The van der Waals surface area contributed by atoms with Crippen molar-refractivity contribution in [1.29, 1.82) is 0 Å². The molecule has 1 atom stereocenters. The standard InChI is InChI=1S/C10H15NO2S/c1-2-3-7-4-5-8(14-7)6-9(11)10(12)13/h4-5,9H,2-3,6,11H2,1H3,(H,12,13). The summed E-state index contributed by atoms with van der Waals surface area (Å²) in [6.45, 7) is 2.13. The minimum atomic E-state index is -0.935. The molecule has 0 saturated heterocycles. The summed E-state index contributed by atoms with van der Waals surface area (Å²) in [6, 6.07) is 3.25. The van der Waals surface area contributed by atoms with Crippen molar-refractivity contribution in [3.8, 4) is 0 Å². The van der Waals surface area contributed by atoms with Gasteiger partial charge in [-0.1, -0.05) is 13.3 Å². The molecule has 78 valence electrons. The van der Waals surface area contributed by atoms with E-state index in [0.29, 0.717) is 6.42 Å². The summed E-state index contributed by atoms with van der Waals surface area (Å²) in [5.41, 5.74) is 5.44. The minimum absolute atomic E-state index is 0.434. The van der Waals surface area contributed by atoms with Crippen LogP contribution in [0.5, 0.6) is 0 Å². The second-order valence-corrected chi connectivity index (χ2v) is 4.52. The van der Waals surface area contributed by atoms with Gasteiger partial charge in [-0.05, 0) is 18.6 Å². The van der Waals surface area contributed by atoms with Gasteiger partial charge in [0, 0.05) is 16.2 Å². The summed E-state index contributed by atoms with van der Waals surface area (Å²) >= 11 is 1.66. The Kier molecular flexibility index (Phi) is 4.10. The number of nitrogens with two attached hydrogens (primary N) is 1. The number of carboxylic acid groups (broad SMARTS) is 1. The lowest BCUT2D eigenvalue weighted by Crippen LogP contribution is -2.31. The van der Waals surface area contributed by atoms with Gasteiger partial charge < -0.3 is 10.8 Å². The van der Waals surface area contributed by atoms with Gasteiger partial charge in [-0.2, -0.15) is 0 Å². The van der Waals surface area contributed by atoms with Crippen LogP contribution in [0.4, 0.5) is 0 Å². The van der Waals surface area contributed by atoms with Crippen LogP contribution in [0.1, 0.15) is 23.1 Å². The predicted octanol–water partition coefficient (Wildman–Crippen LogP) is 1.66. The fraction of sp³-hybridized carbons (Fsp3) is 0.500. The number of carbonyl (C=O) groups is 1. The van der Waals surface area contributed by atoms with Gasteiger partial charge >= 0.3 is 5.97 Å². The lowest BCUT2D eigenvalue weighted by atomic mass is 10.2. The molecule has 3 N–H and O–H groups in total. The maximum Gasteiger partial charge on any atom is 0.320 e. The molecule has 1 unspecified atom stereocenters. The molecule has 4 heteroatoms. The van der Waals surface area contributed by atoms with Crippen LogP contribution in [0.15, 0.2) is 12.1 Å². The second kappa shape index (κ2) is 5.12. The Balaban J connectivity index is 2.55. The van der Waals surface area contributed by atoms with Crippen molar-refractivity contribution in [1.82, 2.24) is 0 Å². The number of aryl methyl sites for hydroxylation is 1. The van der Waals surface area contributed by atoms with Crippen LogP contribution in [-0.4, -0.2) is 17.1 Å². The van der Waals surface area contributed by atoms with Crippen molar-refractivity contribution in [3.63, 3.8) is 0 Å². The van der Waals surface area contributed by atoms with Gasteiger partial charge in [-0.15, -0.1) is 11.3 Å². The molecule has 0 saturated carbocycles. The molecule has 14 heavy (non-hydrogen) atoms. The van der Waals surface area contributed by atoms with E-state index < -0.39 is 12.0 Å². The van der Waals surface area contributed by atoms with E-state index >= 15 is 0 Å². The largest absolute Gasteiger partial charge is 0.480 e. The maximum absolute atomic E-state index is 10.5. The lowest BCUT2D eigenvalue weighted by Gasteiger charge is -2.02. The van der Waals surface area contributed by atoms with Gasteiger partial charge in [0.1, 0.15) is 6.04 Å². The third kappa shape index (κ3) is 3.12. The maximum atomic E-state index is 10.5. The molecule has 0 amide bonds. The van der Waals surface area contributed by atoms with E-state index in [0.717, 1.165) is 17.7 Å². The van der Waals surface area contributed by atoms with Crippen LogP contribution in [-0.2, 0) is 17.6 Å².